The van der Waals surface area contributed by atoms with E-state index >= 15 is 0 Å². The number of amides is 1. The highest BCUT2D eigenvalue weighted by molar-refractivity contribution is 7.90. The maximum absolute atomic E-state index is 12.4. The Kier molecular flexibility index (Phi) is 7.88. The third-order valence-corrected chi connectivity index (χ3v) is 5.37. The number of sulfonamides is 1. The van der Waals surface area contributed by atoms with Crippen molar-refractivity contribution < 1.29 is 26.4 Å². The Morgan fingerprint density at radius 1 is 1.12 bits per heavy atom. The van der Waals surface area contributed by atoms with Crippen molar-refractivity contribution >= 4 is 15.9 Å². The maximum Gasteiger partial charge on any atom is 0.416 e. The van der Waals surface area contributed by atoms with Crippen LogP contribution in [0.1, 0.15) is 44.2 Å². The van der Waals surface area contributed by atoms with Crippen molar-refractivity contribution in [1.29, 1.82) is 0 Å². The lowest BCUT2D eigenvalue weighted by Gasteiger charge is -2.10. The van der Waals surface area contributed by atoms with Gasteiger partial charge in [-0.25, -0.2) is 13.1 Å². The number of benzene rings is 1. The maximum atomic E-state index is 12.4. The fourth-order valence-corrected chi connectivity index (χ4v) is 2.65. The van der Waals surface area contributed by atoms with E-state index in [0.717, 1.165) is 12.1 Å². The predicted octanol–water partition coefficient (Wildman–Crippen LogP) is 2.82. The molecule has 0 heterocycles. The first-order valence-electron chi connectivity index (χ1n) is 7.93. The van der Waals surface area contributed by atoms with Crippen LogP contribution in [0.25, 0.3) is 0 Å². The van der Waals surface area contributed by atoms with Crippen molar-refractivity contribution in [2.24, 2.45) is 0 Å². The minimum Gasteiger partial charge on any atom is -0.352 e. The zero-order valence-corrected chi connectivity index (χ0v) is 15.0. The summed E-state index contributed by atoms with van der Waals surface area (Å²) in [6, 6.07) is 4.60. The number of alkyl halides is 3. The molecule has 0 bridgehead atoms. The van der Waals surface area contributed by atoms with Crippen LogP contribution >= 0.6 is 0 Å². The van der Waals surface area contributed by atoms with E-state index in [1.165, 1.54) is 12.1 Å². The van der Waals surface area contributed by atoms with Gasteiger partial charge in [-0.1, -0.05) is 12.1 Å². The number of rotatable bonds is 9. The van der Waals surface area contributed by atoms with Crippen LogP contribution in [-0.4, -0.2) is 26.1 Å². The molecule has 2 N–H and O–H groups in total. The summed E-state index contributed by atoms with van der Waals surface area (Å²) in [5.41, 5.74) is -0.155. The Balaban J connectivity index is 2.25. The summed E-state index contributed by atoms with van der Waals surface area (Å²) in [6.07, 6.45) is -3.11. The van der Waals surface area contributed by atoms with Gasteiger partial charge in [0.15, 0.2) is 0 Å². The van der Waals surface area contributed by atoms with Gasteiger partial charge in [0, 0.05) is 19.5 Å². The molecular weight excluding hydrogens is 357 g/mol. The zero-order valence-electron chi connectivity index (χ0n) is 14.2. The highest BCUT2D eigenvalue weighted by Gasteiger charge is 2.29. The van der Waals surface area contributed by atoms with Crippen molar-refractivity contribution in [3.63, 3.8) is 0 Å². The Bertz CT molecular complexity index is 656. The van der Waals surface area contributed by atoms with Crippen LogP contribution < -0.4 is 10.0 Å². The van der Waals surface area contributed by atoms with Gasteiger partial charge in [-0.3, -0.25) is 4.79 Å². The van der Waals surface area contributed by atoms with Crippen molar-refractivity contribution in [3.05, 3.63) is 35.4 Å². The van der Waals surface area contributed by atoms with Gasteiger partial charge in [0.2, 0.25) is 15.9 Å². The van der Waals surface area contributed by atoms with Gasteiger partial charge in [-0.2, -0.15) is 13.2 Å². The molecule has 0 aliphatic carbocycles. The summed E-state index contributed by atoms with van der Waals surface area (Å²) in [4.78, 5) is 11.7. The van der Waals surface area contributed by atoms with Crippen LogP contribution in [0.4, 0.5) is 13.2 Å². The van der Waals surface area contributed by atoms with Crippen molar-refractivity contribution in [2.45, 2.75) is 51.1 Å². The minimum atomic E-state index is -4.38. The second-order valence-electron chi connectivity index (χ2n) is 5.92. The van der Waals surface area contributed by atoms with Crippen molar-refractivity contribution in [2.75, 3.05) is 6.54 Å². The molecule has 142 valence electrons. The predicted molar refractivity (Wildman–Crippen MR) is 89.2 cm³/mol. The van der Waals surface area contributed by atoms with E-state index in [1.807, 2.05) is 0 Å². The number of carbonyl (C=O) groups excluding carboxylic acids is 1. The van der Waals surface area contributed by atoms with Crippen LogP contribution in [0, 0.1) is 0 Å². The molecule has 0 saturated heterocycles. The highest BCUT2D eigenvalue weighted by atomic mass is 32.2. The van der Waals surface area contributed by atoms with Crippen LogP contribution in [0.5, 0.6) is 0 Å². The molecule has 9 heteroatoms. The van der Waals surface area contributed by atoms with E-state index < -0.39 is 27.0 Å². The van der Waals surface area contributed by atoms with Gasteiger partial charge in [-0.05, 0) is 44.4 Å². The Morgan fingerprint density at radius 3 is 2.24 bits per heavy atom. The second-order valence-corrected chi connectivity index (χ2v) is 8.24. The quantitative estimate of drug-likeness (QED) is 0.647. The molecule has 1 aromatic rings. The third-order valence-electron chi connectivity index (χ3n) is 3.53. The molecule has 0 fully saturated rings. The molecular formula is C16H23F3N2O3S. The molecule has 0 spiro atoms. The number of carbonyl (C=O) groups is 1. The summed E-state index contributed by atoms with van der Waals surface area (Å²) >= 11 is 0. The summed E-state index contributed by atoms with van der Waals surface area (Å²) in [5, 5.41) is 2.12. The SMILES string of the molecule is CC(C)S(=O)(=O)NCCCCC(=O)NCc1ccc(C(F)(F)F)cc1. The molecule has 0 unspecified atom stereocenters. The molecule has 0 aromatic heterocycles. The first kappa shape index (κ1) is 21.4. The fourth-order valence-electron chi connectivity index (χ4n) is 1.89. The molecule has 0 atom stereocenters. The minimum absolute atomic E-state index is 0.150. The van der Waals surface area contributed by atoms with Gasteiger partial charge in [-0.15, -0.1) is 0 Å². The van der Waals surface area contributed by atoms with E-state index in [1.54, 1.807) is 13.8 Å². The van der Waals surface area contributed by atoms with E-state index in [4.69, 9.17) is 0 Å². The largest absolute Gasteiger partial charge is 0.416 e. The first-order valence-corrected chi connectivity index (χ1v) is 9.48. The first-order chi connectivity index (χ1) is 11.5. The molecule has 1 amide bonds. The van der Waals surface area contributed by atoms with Gasteiger partial charge < -0.3 is 5.32 Å². The molecule has 0 radical (unpaired) electrons. The molecule has 25 heavy (non-hydrogen) atoms. The average Bonchev–Trinajstić information content (AvgIpc) is 2.52. The fraction of sp³-hybridized carbons (Fsp3) is 0.562. The van der Waals surface area contributed by atoms with E-state index in [9.17, 15) is 26.4 Å². The number of hydrogen-bond donors (Lipinski definition) is 2. The lowest BCUT2D eigenvalue weighted by atomic mass is 10.1. The zero-order chi connectivity index (χ0) is 19.1. The van der Waals surface area contributed by atoms with Crippen LogP contribution in [0.2, 0.25) is 0 Å². The Morgan fingerprint density at radius 2 is 1.72 bits per heavy atom. The lowest BCUT2D eigenvalue weighted by molar-refractivity contribution is -0.137. The van der Waals surface area contributed by atoms with Crippen LogP contribution in [0.3, 0.4) is 0 Å². The Labute approximate surface area is 146 Å². The number of nitrogens with one attached hydrogen (secondary N) is 2. The van der Waals surface area contributed by atoms with Gasteiger partial charge in [0.1, 0.15) is 0 Å². The Hall–Kier alpha value is -1.61. The smallest absolute Gasteiger partial charge is 0.352 e. The monoisotopic (exact) mass is 380 g/mol. The van der Waals surface area contributed by atoms with Gasteiger partial charge >= 0.3 is 6.18 Å². The molecule has 1 aromatic carbocycles. The van der Waals surface area contributed by atoms with E-state index in [0.29, 0.717) is 18.4 Å². The van der Waals surface area contributed by atoms with Crippen LogP contribution in [0.15, 0.2) is 24.3 Å². The van der Waals surface area contributed by atoms with Crippen LogP contribution in [-0.2, 0) is 27.5 Å². The molecule has 5 nitrogen and oxygen atoms in total. The molecule has 1 rings (SSSR count). The van der Waals surface area contributed by atoms with Gasteiger partial charge in [0.25, 0.3) is 0 Å². The summed E-state index contributed by atoms with van der Waals surface area (Å²) < 4.78 is 62.8. The van der Waals surface area contributed by atoms with E-state index in [2.05, 4.69) is 10.0 Å². The standard InChI is InChI=1S/C16H23F3N2O3S/c1-12(2)25(23,24)21-10-4-3-5-15(22)20-11-13-6-8-14(9-7-13)16(17,18)19/h6-9,12,21H,3-5,10-11H2,1-2H3,(H,20,22). The average molecular weight is 380 g/mol. The molecule has 0 aliphatic heterocycles. The number of halogens is 3. The highest BCUT2D eigenvalue weighted by Crippen LogP contribution is 2.29. The summed E-state index contributed by atoms with van der Waals surface area (Å²) in [7, 11) is -3.29. The summed E-state index contributed by atoms with van der Waals surface area (Å²) in [6.45, 7) is 3.58. The number of hydrogen-bond acceptors (Lipinski definition) is 3. The van der Waals surface area contributed by atoms with Crippen molar-refractivity contribution in [1.82, 2.24) is 10.0 Å². The van der Waals surface area contributed by atoms with Crippen molar-refractivity contribution in [3.8, 4) is 0 Å². The number of unbranched alkanes of at least 4 members (excludes halogenated alkanes) is 1. The molecule has 0 aliphatic rings. The summed E-state index contributed by atoms with van der Waals surface area (Å²) in [5.74, 6) is -0.230. The normalized spacial score (nSPS) is 12.4. The van der Waals surface area contributed by atoms with Gasteiger partial charge in [0.05, 0.1) is 10.8 Å². The van der Waals surface area contributed by atoms with E-state index in [-0.39, 0.29) is 25.4 Å². The lowest BCUT2D eigenvalue weighted by Crippen LogP contribution is -2.31. The third kappa shape index (κ3) is 7.87. The second kappa shape index (κ2) is 9.19. The topological polar surface area (TPSA) is 75.3 Å². The molecule has 0 saturated carbocycles.